The summed E-state index contributed by atoms with van der Waals surface area (Å²) >= 11 is 0. The lowest BCUT2D eigenvalue weighted by Crippen LogP contribution is -3.00. The van der Waals surface area contributed by atoms with Crippen molar-refractivity contribution in [2.75, 3.05) is 13.7 Å². The highest BCUT2D eigenvalue weighted by molar-refractivity contribution is 5.82. The van der Waals surface area contributed by atoms with E-state index in [1.54, 1.807) is 20.8 Å². The van der Waals surface area contributed by atoms with E-state index in [9.17, 15) is 9.59 Å². The number of nitrogens with two attached hydrogens (primary N) is 1. The summed E-state index contributed by atoms with van der Waals surface area (Å²) in [6.45, 7) is 5.63. The Morgan fingerprint density at radius 1 is 1.39 bits per heavy atom. The number of methoxy groups -OCH3 is 1. The third-order valence-corrected chi connectivity index (χ3v) is 2.43. The smallest absolute Gasteiger partial charge is 1.00 e. The third kappa shape index (κ3) is 4.34. The fourth-order valence-electron chi connectivity index (χ4n) is 1.75. The molecule has 1 fully saturated rings. The van der Waals surface area contributed by atoms with E-state index in [0.29, 0.717) is 13.0 Å². The fourth-order valence-corrected chi connectivity index (χ4v) is 1.75. The minimum absolute atomic E-state index is 0. The van der Waals surface area contributed by atoms with Crippen molar-refractivity contribution in [3.05, 3.63) is 0 Å². The molecule has 6 nitrogen and oxygen atoms in total. The second-order valence-electron chi connectivity index (χ2n) is 5.17. The quantitative estimate of drug-likeness (QED) is 0.542. The first kappa shape index (κ1) is 17.0. The number of carbonyl (C=O) groups excluding carboxylic acids is 2. The van der Waals surface area contributed by atoms with Crippen LogP contribution in [0, 0.1) is 0 Å². The van der Waals surface area contributed by atoms with E-state index in [1.165, 1.54) is 12.0 Å². The molecule has 0 spiro atoms. The van der Waals surface area contributed by atoms with Gasteiger partial charge in [0.25, 0.3) is 0 Å². The Morgan fingerprint density at radius 3 is 2.39 bits per heavy atom. The molecule has 0 aromatic carbocycles. The van der Waals surface area contributed by atoms with Crippen molar-refractivity contribution in [2.45, 2.75) is 44.9 Å². The van der Waals surface area contributed by atoms with Crippen molar-refractivity contribution in [3.8, 4) is 0 Å². The summed E-state index contributed by atoms with van der Waals surface area (Å²) < 4.78 is 9.87. The van der Waals surface area contributed by atoms with Crippen molar-refractivity contribution in [1.29, 1.82) is 0 Å². The molecule has 18 heavy (non-hydrogen) atoms. The highest BCUT2D eigenvalue weighted by atomic mass is 35.5. The maximum atomic E-state index is 11.9. The molecule has 0 saturated carbocycles. The molecular weight excluding hydrogens is 260 g/mol. The van der Waals surface area contributed by atoms with Crippen LogP contribution in [0.15, 0.2) is 0 Å². The summed E-state index contributed by atoms with van der Waals surface area (Å²) in [6.07, 6.45) is -0.118. The lowest BCUT2D eigenvalue weighted by molar-refractivity contribution is -0.145. The Balaban J connectivity index is 0. The summed E-state index contributed by atoms with van der Waals surface area (Å²) in [5.74, 6) is -0.455. The fraction of sp³-hybridized carbons (Fsp3) is 0.818. The van der Waals surface area contributed by atoms with E-state index in [2.05, 4.69) is 4.74 Å². The molecule has 2 N–H and O–H groups in total. The molecule has 0 aromatic heterocycles. The number of amides is 1. The summed E-state index contributed by atoms with van der Waals surface area (Å²) in [5, 5.41) is 0. The first-order valence-electron chi connectivity index (χ1n) is 5.57. The van der Waals surface area contributed by atoms with Gasteiger partial charge in [0.15, 0.2) is 0 Å². The SMILES string of the molecule is COC(=O)[C@@H]1C[C@@H](N)CN1C(=O)OC(C)(C)C.[Cl-].[H+]. The van der Waals surface area contributed by atoms with Crippen molar-refractivity contribution in [2.24, 2.45) is 5.73 Å². The summed E-state index contributed by atoms with van der Waals surface area (Å²) in [6, 6.07) is -0.850. The van der Waals surface area contributed by atoms with E-state index in [-0.39, 0.29) is 19.9 Å². The van der Waals surface area contributed by atoms with E-state index >= 15 is 0 Å². The van der Waals surface area contributed by atoms with Crippen LogP contribution in [0.1, 0.15) is 28.6 Å². The van der Waals surface area contributed by atoms with Crippen molar-refractivity contribution in [3.63, 3.8) is 0 Å². The van der Waals surface area contributed by atoms with Crippen LogP contribution in [0.2, 0.25) is 0 Å². The minimum atomic E-state index is -0.634. The molecule has 1 amide bonds. The number of ether oxygens (including phenoxy) is 2. The van der Waals surface area contributed by atoms with E-state index in [1.807, 2.05) is 0 Å². The predicted molar refractivity (Wildman–Crippen MR) is 62.4 cm³/mol. The number of hydrogen-bond donors (Lipinski definition) is 1. The van der Waals surface area contributed by atoms with E-state index in [4.69, 9.17) is 10.5 Å². The summed E-state index contributed by atoms with van der Waals surface area (Å²) in [5.41, 5.74) is 5.16. The molecule has 0 unspecified atom stereocenters. The minimum Gasteiger partial charge on any atom is -1.00 e. The zero-order chi connectivity index (χ0) is 13.2. The maximum Gasteiger partial charge on any atom is 1.00 e. The first-order valence-corrected chi connectivity index (χ1v) is 5.57. The van der Waals surface area contributed by atoms with Crippen molar-refractivity contribution < 1.29 is 32.9 Å². The van der Waals surface area contributed by atoms with Crippen LogP contribution in [0.3, 0.4) is 0 Å². The molecule has 1 heterocycles. The van der Waals surface area contributed by atoms with Gasteiger partial charge in [0.1, 0.15) is 11.6 Å². The van der Waals surface area contributed by atoms with Gasteiger partial charge in [-0.3, -0.25) is 4.90 Å². The predicted octanol–water partition coefficient (Wildman–Crippen LogP) is -2.39. The van der Waals surface area contributed by atoms with Gasteiger partial charge in [0, 0.05) is 12.6 Å². The first-order chi connectivity index (χ1) is 7.74. The average Bonchev–Trinajstić information content (AvgIpc) is 2.56. The number of esters is 1. The van der Waals surface area contributed by atoms with Gasteiger partial charge in [-0.1, -0.05) is 0 Å². The Labute approximate surface area is 115 Å². The average molecular weight is 281 g/mol. The van der Waals surface area contributed by atoms with Gasteiger partial charge >= 0.3 is 13.5 Å². The lowest BCUT2D eigenvalue weighted by atomic mass is 10.2. The molecule has 106 valence electrons. The van der Waals surface area contributed by atoms with Gasteiger partial charge in [0.05, 0.1) is 7.11 Å². The normalized spacial score (nSPS) is 23.3. The number of hydrogen-bond acceptors (Lipinski definition) is 5. The van der Waals surface area contributed by atoms with Crippen LogP contribution in [-0.2, 0) is 14.3 Å². The number of likely N-dealkylation sites (tertiary alicyclic amines) is 1. The van der Waals surface area contributed by atoms with Gasteiger partial charge in [-0.2, -0.15) is 0 Å². The van der Waals surface area contributed by atoms with Crippen LogP contribution in [-0.4, -0.2) is 48.3 Å². The van der Waals surface area contributed by atoms with Crippen LogP contribution in [0.4, 0.5) is 4.79 Å². The molecule has 2 atom stereocenters. The largest absolute Gasteiger partial charge is 1.00 e. The summed E-state index contributed by atoms with van der Waals surface area (Å²) in [4.78, 5) is 24.7. The van der Waals surface area contributed by atoms with Crippen molar-refractivity contribution >= 4 is 12.1 Å². The Morgan fingerprint density at radius 2 is 1.94 bits per heavy atom. The number of nitrogens with zero attached hydrogens (tertiary/aromatic N) is 1. The Kier molecular flexibility index (Phi) is 5.89. The third-order valence-electron chi connectivity index (χ3n) is 2.43. The van der Waals surface area contributed by atoms with Crippen LogP contribution < -0.4 is 18.1 Å². The zero-order valence-electron chi connectivity index (χ0n) is 12.1. The molecule has 1 aliphatic heterocycles. The highest BCUT2D eigenvalue weighted by Gasteiger charge is 2.40. The molecule has 1 rings (SSSR count). The van der Waals surface area contributed by atoms with Crippen LogP contribution >= 0.6 is 0 Å². The Bertz CT molecular complexity index is 322. The van der Waals surface area contributed by atoms with Crippen molar-refractivity contribution in [1.82, 2.24) is 4.90 Å². The van der Waals surface area contributed by atoms with E-state index < -0.39 is 23.7 Å². The molecular formula is C11H21ClN2O4. The standard InChI is InChI=1S/C11H20N2O4.ClH/c1-11(2,3)17-10(15)13-6-7(12)5-8(13)9(14)16-4;/h7-8H,5-6,12H2,1-4H3;1H/t7-,8+;/m1./s1. The topological polar surface area (TPSA) is 81.9 Å². The van der Waals surface area contributed by atoms with Crippen LogP contribution in [0.5, 0.6) is 0 Å². The number of rotatable bonds is 1. The second-order valence-corrected chi connectivity index (χ2v) is 5.17. The van der Waals surface area contributed by atoms with Gasteiger partial charge in [-0.15, -0.1) is 0 Å². The van der Waals surface area contributed by atoms with Gasteiger partial charge in [0.2, 0.25) is 0 Å². The molecule has 1 saturated heterocycles. The summed E-state index contributed by atoms with van der Waals surface area (Å²) in [7, 11) is 1.29. The molecule has 1 aliphatic rings. The maximum absolute atomic E-state index is 11.9. The number of carbonyl (C=O) groups is 2. The van der Waals surface area contributed by atoms with E-state index in [0.717, 1.165) is 0 Å². The molecule has 7 heteroatoms. The monoisotopic (exact) mass is 280 g/mol. The Hall–Kier alpha value is -1.01. The highest BCUT2D eigenvalue weighted by Crippen LogP contribution is 2.21. The lowest BCUT2D eigenvalue weighted by Gasteiger charge is -2.27. The molecule has 0 bridgehead atoms. The molecule has 0 radical (unpaired) electrons. The van der Waals surface area contributed by atoms with Gasteiger partial charge in [-0.25, -0.2) is 9.59 Å². The molecule has 0 aliphatic carbocycles. The number of halogens is 1. The van der Waals surface area contributed by atoms with Gasteiger partial charge < -0.3 is 27.6 Å². The molecule has 0 aromatic rings. The second kappa shape index (κ2) is 6.24. The van der Waals surface area contributed by atoms with Gasteiger partial charge in [-0.05, 0) is 27.2 Å². The van der Waals surface area contributed by atoms with Crippen LogP contribution in [0.25, 0.3) is 0 Å². The zero-order valence-corrected chi connectivity index (χ0v) is 11.9.